The van der Waals surface area contributed by atoms with Gasteiger partial charge in [-0.25, -0.2) is 0 Å². The number of ether oxygens (including phenoxy) is 1. The Balaban J connectivity index is 1.86. The standard InChI is InChI=1S/C12H19N3O3S/c1-8(2)13-10(16)7-9-11(17)14-12(19-9)15-3-5-18-6-4-15/h8-9H,3-7H2,1-2H3,(H,13,16). The van der Waals surface area contributed by atoms with Crippen LogP contribution >= 0.6 is 11.8 Å². The number of hydrogen-bond acceptors (Lipinski definition) is 5. The summed E-state index contributed by atoms with van der Waals surface area (Å²) in [4.78, 5) is 29.6. The van der Waals surface area contributed by atoms with Gasteiger partial charge in [-0.2, -0.15) is 4.99 Å². The minimum atomic E-state index is -0.378. The Morgan fingerprint density at radius 3 is 2.84 bits per heavy atom. The number of amidine groups is 1. The van der Waals surface area contributed by atoms with Crippen molar-refractivity contribution in [2.24, 2.45) is 4.99 Å². The Labute approximate surface area is 117 Å². The molecule has 0 aromatic rings. The summed E-state index contributed by atoms with van der Waals surface area (Å²) in [6.45, 7) is 6.63. The molecule has 0 aliphatic carbocycles. The lowest BCUT2D eigenvalue weighted by atomic mass is 10.2. The van der Waals surface area contributed by atoms with Crippen molar-refractivity contribution in [3.8, 4) is 0 Å². The molecule has 2 aliphatic heterocycles. The molecule has 7 heteroatoms. The normalized spacial score (nSPS) is 23.7. The Morgan fingerprint density at radius 2 is 2.21 bits per heavy atom. The van der Waals surface area contributed by atoms with Crippen molar-refractivity contribution in [2.45, 2.75) is 31.6 Å². The van der Waals surface area contributed by atoms with E-state index < -0.39 is 0 Å². The van der Waals surface area contributed by atoms with Gasteiger partial charge in [-0.05, 0) is 13.8 Å². The quantitative estimate of drug-likeness (QED) is 0.804. The molecule has 2 rings (SSSR count). The van der Waals surface area contributed by atoms with Crippen molar-refractivity contribution in [1.29, 1.82) is 0 Å². The first-order chi connectivity index (χ1) is 9.06. The minimum Gasteiger partial charge on any atom is -0.378 e. The van der Waals surface area contributed by atoms with Gasteiger partial charge in [-0.15, -0.1) is 0 Å². The summed E-state index contributed by atoms with van der Waals surface area (Å²) >= 11 is 1.39. The van der Waals surface area contributed by atoms with Crippen molar-refractivity contribution in [3.05, 3.63) is 0 Å². The van der Waals surface area contributed by atoms with Gasteiger partial charge in [-0.1, -0.05) is 11.8 Å². The average molecular weight is 285 g/mol. The number of rotatable bonds is 3. The predicted molar refractivity (Wildman–Crippen MR) is 74.1 cm³/mol. The summed E-state index contributed by atoms with van der Waals surface area (Å²) in [7, 11) is 0. The molecule has 2 amide bonds. The van der Waals surface area contributed by atoms with E-state index in [-0.39, 0.29) is 29.5 Å². The lowest BCUT2D eigenvalue weighted by Crippen LogP contribution is -2.39. The molecule has 0 bridgehead atoms. The van der Waals surface area contributed by atoms with E-state index in [2.05, 4.69) is 10.3 Å². The molecule has 2 aliphatic rings. The van der Waals surface area contributed by atoms with Crippen LogP contribution in [0.4, 0.5) is 0 Å². The van der Waals surface area contributed by atoms with Crippen molar-refractivity contribution < 1.29 is 14.3 Å². The summed E-state index contributed by atoms with van der Waals surface area (Å²) in [5.41, 5.74) is 0. The Morgan fingerprint density at radius 1 is 1.53 bits per heavy atom. The zero-order valence-corrected chi connectivity index (χ0v) is 12.0. The summed E-state index contributed by atoms with van der Waals surface area (Å²) < 4.78 is 5.27. The highest BCUT2D eigenvalue weighted by atomic mass is 32.2. The van der Waals surface area contributed by atoms with Crippen LogP contribution in [0.2, 0.25) is 0 Å². The molecule has 0 aromatic heterocycles. The molecule has 1 unspecified atom stereocenters. The van der Waals surface area contributed by atoms with Crippen LogP contribution in [0, 0.1) is 0 Å². The second-order valence-electron chi connectivity index (χ2n) is 4.86. The summed E-state index contributed by atoms with van der Waals surface area (Å²) in [5.74, 6) is -0.301. The fourth-order valence-corrected chi connectivity index (χ4v) is 3.07. The Kier molecular flexibility index (Phi) is 4.81. The van der Waals surface area contributed by atoms with Crippen LogP contribution in [-0.4, -0.2) is 59.5 Å². The summed E-state index contributed by atoms with van der Waals surface area (Å²) in [5, 5.41) is 3.15. The van der Waals surface area contributed by atoms with E-state index in [1.165, 1.54) is 11.8 Å². The number of amides is 2. The molecule has 0 aromatic carbocycles. The fraction of sp³-hybridized carbons (Fsp3) is 0.750. The van der Waals surface area contributed by atoms with Gasteiger partial charge >= 0.3 is 0 Å². The molecule has 0 saturated carbocycles. The molecule has 19 heavy (non-hydrogen) atoms. The van der Waals surface area contributed by atoms with E-state index in [0.717, 1.165) is 18.3 Å². The maximum absolute atomic E-state index is 11.8. The van der Waals surface area contributed by atoms with E-state index in [1.54, 1.807) is 0 Å². The Hall–Kier alpha value is -1.08. The van der Waals surface area contributed by atoms with Gasteiger partial charge in [0.15, 0.2) is 5.17 Å². The third kappa shape index (κ3) is 3.94. The van der Waals surface area contributed by atoms with Crippen LogP contribution in [0.3, 0.4) is 0 Å². The molecule has 0 radical (unpaired) electrons. The Bertz CT molecular complexity index is 392. The van der Waals surface area contributed by atoms with Gasteiger partial charge in [0.25, 0.3) is 5.91 Å². The van der Waals surface area contributed by atoms with E-state index in [4.69, 9.17) is 4.74 Å². The van der Waals surface area contributed by atoms with Crippen molar-refractivity contribution >= 4 is 28.7 Å². The van der Waals surface area contributed by atoms with Crippen molar-refractivity contribution in [1.82, 2.24) is 10.2 Å². The van der Waals surface area contributed by atoms with Gasteiger partial charge in [-0.3, -0.25) is 9.59 Å². The lowest BCUT2D eigenvalue weighted by molar-refractivity contribution is -0.124. The van der Waals surface area contributed by atoms with E-state index in [9.17, 15) is 9.59 Å². The second kappa shape index (κ2) is 6.38. The third-order valence-electron chi connectivity index (χ3n) is 2.83. The highest BCUT2D eigenvalue weighted by Crippen LogP contribution is 2.27. The zero-order chi connectivity index (χ0) is 13.8. The van der Waals surface area contributed by atoms with E-state index >= 15 is 0 Å². The molecule has 1 atom stereocenters. The highest BCUT2D eigenvalue weighted by Gasteiger charge is 2.33. The number of nitrogens with zero attached hydrogens (tertiary/aromatic N) is 2. The van der Waals surface area contributed by atoms with Crippen molar-refractivity contribution in [3.63, 3.8) is 0 Å². The summed E-state index contributed by atoms with van der Waals surface area (Å²) in [6, 6.07) is 0.0913. The molecule has 6 nitrogen and oxygen atoms in total. The van der Waals surface area contributed by atoms with Gasteiger partial charge in [0.2, 0.25) is 5.91 Å². The van der Waals surface area contributed by atoms with E-state index in [0.29, 0.717) is 13.2 Å². The van der Waals surface area contributed by atoms with Gasteiger partial charge in [0.1, 0.15) is 5.25 Å². The molecule has 1 fully saturated rings. The number of nitrogens with one attached hydrogen (secondary N) is 1. The maximum Gasteiger partial charge on any atom is 0.262 e. The number of aliphatic imine (C=N–C) groups is 1. The number of carbonyl (C=O) groups is 2. The summed E-state index contributed by atoms with van der Waals surface area (Å²) in [6.07, 6.45) is 0.193. The fourth-order valence-electron chi connectivity index (χ4n) is 1.95. The highest BCUT2D eigenvalue weighted by molar-refractivity contribution is 8.15. The largest absolute Gasteiger partial charge is 0.378 e. The molecule has 1 saturated heterocycles. The molecular formula is C12H19N3O3S. The van der Waals surface area contributed by atoms with Crippen LogP contribution in [0.5, 0.6) is 0 Å². The topological polar surface area (TPSA) is 71.0 Å². The van der Waals surface area contributed by atoms with Gasteiger partial charge < -0.3 is 15.0 Å². The van der Waals surface area contributed by atoms with E-state index in [1.807, 2.05) is 18.7 Å². The van der Waals surface area contributed by atoms with Crippen LogP contribution in [-0.2, 0) is 14.3 Å². The monoisotopic (exact) mass is 285 g/mol. The number of carbonyl (C=O) groups excluding carboxylic acids is 2. The first-order valence-corrected chi connectivity index (χ1v) is 7.35. The SMILES string of the molecule is CC(C)NC(=O)CC1SC(N2CCOCC2)=NC1=O. The molecule has 106 valence electrons. The first-order valence-electron chi connectivity index (χ1n) is 6.47. The van der Waals surface area contributed by atoms with Crippen molar-refractivity contribution in [2.75, 3.05) is 26.3 Å². The number of morpholine rings is 1. The smallest absolute Gasteiger partial charge is 0.262 e. The molecule has 1 N–H and O–H groups in total. The molecule has 0 spiro atoms. The van der Waals surface area contributed by atoms with Crippen LogP contribution in [0.25, 0.3) is 0 Å². The second-order valence-corrected chi connectivity index (χ2v) is 6.03. The van der Waals surface area contributed by atoms with Gasteiger partial charge in [0.05, 0.1) is 13.2 Å². The van der Waals surface area contributed by atoms with Crippen LogP contribution < -0.4 is 5.32 Å². The average Bonchev–Trinajstić information content (AvgIpc) is 2.71. The molecular weight excluding hydrogens is 266 g/mol. The first kappa shape index (κ1) is 14.3. The number of thioether (sulfide) groups is 1. The zero-order valence-electron chi connectivity index (χ0n) is 11.2. The number of hydrogen-bond donors (Lipinski definition) is 1. The minimum absolute atomic E-state index is 0.0913. The van der Waals surface area contributed by atoms with Crippen LogP contribution in [0.1, 0.15) is 20.3 Å². The predicted octanol–water partition coefficient (Wildman–Crippen LogP) is 0.231. The van der Waals surface area contributed by atoms with Crippen LogP contribution in [0.15, 0.2) is 4.99 Å². The lowest BCUT2D eigenvalue weighted by Gasteiger charge is -2.27. The molecule has 2 heterocycles. The maximum atomic E-state index is 11.8. The third-order valence-corrected chi connectivity index (χ3v) is 4.04. The van der Waals surface area contributed by atoms with Gasteiger partial charge in [0, 0.05) is 25.6 Å².